The minimum atomic E-state index is 0. The molecule has 0 radical (unpaired) electrons. The minimum Gasteiger partial charge on any atom is -0.356 e. The molecule has 2 aliphatic rings. The van der Waals surface area contributed by atoms with Crippen LogP contribution < -0.4 is 10.6 Å². The average Bonchev–Trinajstić information content (AvgIpc) is 3.21. The number of unbranched alkanes of at least 4 members (excludes halogenated alkanes) is 3. The summed E-state index contributed by atoms with van der Waals surface area (Å²) >= 11 is 0. The quantitative estimate of drug-likeness (QED) is 0.225. The van der Waals surface area contributed by atoms with Crippen LogP contribution in [-0.2, 0) is 4.79 Å². The molecule has 1 heterocycles. The van der Waals surface area contributed by atoms with Crippen molar-refractivity contribution in [2.45, 2.75) is 58.3 Å². The lowest BCUT2D eigenvalue weighted by Gasteiger charge is -2.36. The molecule has 158 valence electrons. The zero-order valence-electron chi connectivity index (χ0n) is 17.3. The van der Waals surface area contributed by atoms with Gasteiger partial charge in [0.1, 0.15) is 0 Å². The van der Waals surface area contributed by atoms with E-state index in [0.29, 0.717) is 11.8 Å². The first-order valence-electron chi connectivity index (χ1n) is 10.7. The van der Waals surface area contributed by atoms with Gasteiger partial charge in [-0.05, 0) is 19.3 Å². The molecule has 0 bridgehead atoms. The summed E-state index contributed by atoms with van der Waals surface area (Å²) in [5, 5.41) is 6.79. The van der Waals surface area contributed by atoms with Gasteiger partial charge in [-0.1, -0.05) is 39.0 Å². The van der Waals surface area contributed by atoms with Crippen molar-refractivity contribution in [2.24, 2.45) is 10.9 Å². The van der Waals surface area contributed by atoms with E-state index in [2.05, 4.69) is 32.3 Å². The van der Waals surface area contributed by atoms with Crippen LogP contribution in [0.15, 0.2) is 4.99 Å². The Labute approximate surface area is 182 Å². The van der Waals surface area contributed by atoms with Gasteiger partial charge < -0.3 is 15.5 Å². The first-order valence-corrected chi connectivity index (χ1v) is 10.7. The highest BCUT2D eigenvalue weighted by Crippen LogP contribution is 2.26. The monoisotopic (exact) mass is 493 g/mol. The van der Waals surface area contributed by atoms with Gasteiger partial charge in [-0.25, -0.2) is 0 Å². The first kappa shape index (κ1) is 24.5. The molecule has 2 N–H and O–H groups in total. The van der Waals surface area contributed by atoms with Crippen LogP contribution in [0, 0.1) is 5.92 Å². The molecular formula is C20H40IN5O. The predicted molar refractivity (Wildman–Crippen MR) is 124 cm³/mol. The normalized spacial score (nSPS) is 19.0. The van der Waals surface area contributed by atoms with Crippen LogP contribution in [0.4, 0.5) is 0 Å². The number of carbonyl (C=O) groups excluding carboxylic acids is 1. The highest BCUT2D eigenvalue weighted by Gasteiger charge is 2.29. The summed E-state index contributed by atoms with van der Waals surface area (Å²) in [5.74, 6) is 1.62. The number of amides is 1. The summed E-state index contributed by atoms with van der Waals surface area (Å²) in [5.41, 5.74) is 0. The highest BCUT2D eigenvalue weighted by molar-refractivity contribution is 14.0. The van der Waals surface area contributed by atoms with Gasteiger partial charge in [0, 0.05) is 58.8 Å². The number of piperazine rings is 1. The second-order valence-electron chi connectivity index (χ2n) is 7.63. The summed E-state index contributed by atoms with van der Waals surface area (Å²) in [6.07, 6.45) is 9.73. The van der Waals surface area contributed by atoms with Gasteiger partial charge in [-0.3, -0.25) is 14.7 Å². The fraction of sp³-hybridized carbons (Fsp3) is 0.900. The Morgan fingerprint density at radius 1 is 1.00 bits per heavy atom. The van der Waals surface area contributed by atoms with Crippen LogP contribution in [0.5, 0.6) is 0 Å². The van der Waals surface area contributed by atoms with Crippen molar-refractivity contribution < 1.29 is 4.79 Å². The fourth-order valence-corrected chi connectivity index (χ4v) is 3.93. The third kappa shape index (κ3) is 8.98. The summed E-state index contributed by atoms with van der Waals surface area (Å²) < 4.78 is 0. The second-order valence-corrected chi connectivity index (χ2v) is 7.63. The molecule has 1 amide bonds. The van der Waals surface area contributed by atoms with Crippen molar-refractivity contribution in [2.75, 3.05) is 52.9 Å². The minimum absolute atomic E-state index is 0. The zero-order valence-corrected chi connectivity index (χ0v) is 19.7. The number of rotatable bonds is 9. The molecule has 0 spiro atoms. The molecule has 7 heteroatoms. The van der Waals surface area contributed by atoms with Crippen LogP contribution in [-0.4, -0.2) is 74.5 Å². The Balaban J connectivity index is 0.00000364. The lowest BCUT2D eigenvalue weighted by atomic mass is 10.1. The van der Waals surface area contributed by atoms with Gasteiger partial charge in [-0.15, -0.1) is 24.0 Å². The molecular weight excluding hydrogens is 453 g/mol. The number of hydrogen-bond donors (Lipinski definition) is 2. The van der Waals surface area contributed by atoms with Crippen molar-refractivity contribution in [1.29, 1.82) is 0 Å². The molecule has 6 nitrogen and oxygen atoms in total. The third-order valence-corrected chi connectivity index (χ3v) is 5.66. The lowest BCUT2D eigenvalue weighted by molar-refractivity contribution is -0.137. The molecule has 0 unspecified atom stereocenters. The van der Waals surface area contributed by atoms with E-state index in [1.807, 2.05) is 7.05 Å². The Kier molecular flexibility index (Phi) is 13.1. The van der Waals surface area contributed by atoms with Crippen molar-refractivity contribution >= 4 is 35.8 Å². The van der Waals surface area contributed by atoms with E-state index >= 15 is 0 Å². The van der Waals surface area contributed by atoms with E-state index in [4.69, 9.17) is 0 Å². The second kappa shape index (κ2) is 14.4. The third-order valence-electron chi connectivity index (χ3n) is 5.66. The number of nitrogens with one attached hydrogen (secondary N) is 2. The van der Waals surface area contributed by atoms with Crippen LogP contribution >= 0.6 is 24.0 Å². The number of carbonyl (C=O) groups is 1. The summed E-state index contributed by atoms with van der Waals surface area (Å²) in [7, 11) is 1.83. The molecule has 0 aromatic heterocycles. The maximum Gasteiger partial charge on any atom is 0.225 e. The highest BCUT2D eigenvalue weighted by atomic mass is 127. The number of aliphatic imine (C=N–C) groups is 1. The largest absolute Gasteiger partial charge is 0.356 e. The Morgan fingerprint density at radius 3 is 2.30 bits per heavy atom. The van der Waals surface area contributed by atoms with Crippen LogP contribution in [0.2, 0.25) is 0 Å². The molecule has 1 saturated carbocycles. The van der Waals surface area contributed by atoms with E-state index < -0.39 is 0 Å². The van der Waals surface area contributed by atoms with Crippen LogP contribution in [0.25, 0.3) is 0 Å². The number of guanidine groups is 1. The number of hydrogen-bond acceptors (Lipinski definition) is 3. The maximum absolute atomic E-state index is 12.5. The topological polar surface area (TPSA) is 60.0 Å². The van der Waals surface area contributed by atoms with Gasteiger partial charge in [0.25, 0.3) is 0 Å². The van der Waals surface area contributed by atoms with Crippen LogP contribution in [0.3, 0.4) is 0 Å². The maximum atomic E-state index is 12.5. The Bertz CT molecular complexity index is 432. The van der Waals surface area contributed by atoms with E-state index in [0.717, 1.165) is 64.6 Å². The number of halogens is 1. The van der Waals surface area contributed by atoms with E-state index in [1.165, 1.54) is 38.5 Å². The molecule has 0 atom stereocenters. The van der Waals surface area contributed by atoms with Gasteiger partial charge in [0.2, 0.25) is 5.91 Å². The first-order chi connectivity index (χ1) is 12.7. The Morgan fingerprint density at radius 2 is 1.67 bits per heavy atom. The SMILES string of the molecule is CCCCCCNC(=NC)NCCN1CCN(C(=O)C2CCCC2)CC1.I. The van der Waals surface area contributed by atoms with Gasteiger partial charge >= 0.3 is 0 Å². The average molecular weight is 493 g/mol. The molecule has 1 aliphatic heterocycles. The van der Waals surface area contributed by atoms with Crippen molar-refractivity contribution in [3.63, 3.8) is 0 Å². The summed E-state index contributed by atoms with van der Waals surface area (Å²) in [4.78, 5) is 21.3. The van der Waals surface area contributed by atoms with E-state index in [9.17, 15) is 4.79 Å². The Hall–Kier alpha value is -0.570. The summed E-state index contributed by atoms with van der Waals surface area (Å²) in [6.45, 7) is 8.87. The molecule has 2 rings (SSSR count). The van der Waals surface area contributed by atoms with E-state index in [-0.39, 0.29) is 24.0 Å². The van der Waals surface area contributed by atoms with Gasteiger partial charge in [-0.2, -0.15) is 0 Å². The lowest BCUT2D eigenvalue weighted by Crippen LogP contribution is -2.51. The summed E-state index contributed by atoms with van der Waals surface area (Å²) in [6, 6.07) is 0. The fourth-order valence-electron chi connectivity index (χ4n) is 3.93. The van der Waals surface area contributed by atoms with Crippen molar-refractivity contribution in [1.82, 2.24) is 20.4 Å². The van der Waals surface area contributed by atoms with Gasteiger partial charge in [0.05, 0.1) is 0 Å². The van der Waals surface area contributed by atoms with Crippen molar-refractivity contribution in [3.05, 3.63) is 0 Å². The molecule has 0 aromatic carbocycles. The molecule has 27 heavy (non-hydrogen) atoms. The molecule has 1 aliphatic carbocycles. The van der Waals surface area contributed by atoms with E-state index in [1.54, 1.807) is 0 Å². The predicted octanol–water partition coefficient (Wildman–Crippen LogP) is 2.68. The standard InChI is InChI=1S/C20H39N5O.HI/c1-3-4-5-8-11-22-20(21-2)23-12-13-24-14-16-25(17-15-24)19(26)18-9-6-7-10-18;/h18H,3-17H2,1-2H3,(H2,21,22,23);1H. The molecule has 1 saturated heterocycles. The molecule has 2 fully saturated rings. The zero-order chi connectivity index (χ0) is 18.6. The van der Waals surface area contributed by atoms with Crippen LogP contribution in [0.1, 0.15) is 58.3 Å². The van der Waals surface area contributed by atoms with Gasteiger partial charge in [0.15, 0.2) is 5.96 Å². The number of nitrogens with zero attached hydrogens (tertiary/aromatic N) is 3. The van der Waals surface area contributed by atoms with Crippen molar-refractivity contribution in [3.8, 4) is 0 Å². The molecule has 0 aromatic rings. The smallest absolute Gasteiger partial charge is 0.225 e.